The number of carbonyl (C=O) groups excluding carboxylic acids is 1. The van der Waals surface area contributed by atoms with Gasteiger partial charge in [0.25, 0.3) is 5.69 Å². The second kappa shape index (κ2) is 7.87. The Bertz CT molecular complexity index is 777. The summed E-state index contributed by atoms with van der Waals surface area (Å²) in [6.45, 7) is 4.60. The number of amides is 1. The van der Waals surface area contributed by atoms with Gasteiger partial charge in [-0.15, -0.1) is 0 Å². The summed E-state index contributed by atoms with van der Waals surface area (Å²) >= 11 is 0. The van der Waals surface area contributed by atoms with Crippen LogP contribution in [0.1, 0.15) is 6.92 Å². The van der Waals surface area contributed by atoms with Crippen molar-refractivity contribution in [1.29, 1.82) is 0 Å². The van der Waals surface area contributed by atoms with Crippen molar-refractivity contribution in [3.8, 4) is 0 Å². The fourth-order valence-electron chi connectivity index (χ4n) is 2.91. The third-order valence-electron chi connectivity index (χ3n) is 4.44. The molecule has 1 aromatic carbocycles. The number of hydrogen-bond donors (Lipinski definition) is 1. The van der Waals surface area contributed by atoms with E-state index >= 15 is 0 Å². The van der Waals surface area contributed by atoms with Crippen molar-refractivity contribution in [2.45, 2.75) is 13.0 Å². The normalized spacial score (nSPS) is 16.1. The lowest BCUT2D eigenvalue weighted by Crippen LogP contribution is -2.53. The van der Waals surface area contributed by atoms with Crippen molar-refractivity contribution in [2.24, 2.45) is 0 Å². The van der Waals surface area contributed by atoms with Crippen LogP contribution in [0.3, 0.4) is 0 Å². The molecule has 2 aromatic rings. The lowest BCUT2D eigenvalue weighted by Gasteiger charge is -2.37. The summed E-state index contributed by atoms with van der Waals surface area (Å²) in [7, 11) is 0. The number of para-hydroxylation sites is 2. The molecule has 1 aliphatic heterocycles. The monoisotopic (exact) mass is 356 g/mol. The summed E-state index contributed by atoms with van der Waals surface area (Å²) in [6.07, 6.45) is 3.41. The van der Waals surface area contributed by atoms with Gasteiger partial charge in [0.1, 0.15) is 5.69 Å². The number of piperazine rings is 1. The second-order valence-electron chi connectivity index (χ2n) is 6.01. The van der Waals surface area contributed by atoms with E-state index in [4.69, 9.17) is 0 Å². The van der Waals surface area contributed by atoms with E-state index in [-0.39, 0.29) is 17.3 Å². The van der Waals surface area contributed by atoms with Crippen LogP contribution in [-0.2, 0) is 4.79 Å². The average Bonchev–Trinajstić information content (AvgIpc) is 2.68. The van der Waals surface area contributed by atoms with Gasteiger partial charge in [-0.05, 0) is 19.1 Å². The first-order valence-electron chi connectivity index (χ1n) is 8.36. The Morgan fingerprint density at radius 2 is 1.81 bits per heavy atom. The highest BCUT2D eigenvalue weighted by atomic mass is 16.6. The van der Waals surface area contributed by atoms with Crippen molar-refractivity contribution in [3.63, 3.8) is 0 Å². The van der Waals surface area contributed by atoms with Gasteiger partial charge in [0.15, 0.2) is 0 Å². The smallest absolute Gasteiger partial charge is 0.292 e. The standard InChI is InChI=1S/C17H20N6O3/c1-13(16(24)20-14-5-2-3-6-15(14)23(25)26)21-9-11-22(12-10-21)17-18-7-4-8-19-17/h2-8,13H,9-12H2,1H3,(H,20,24)/t13-/m0/s1. The van der Waals surface area contributed by atoms with Crippen LogP contribution in [0.5, 0.6) is 0 Å². The van der Waals surface area contributed by atoms with Crippen LogP contribution in [0.2, 0.25) is 0 Å². The molecule has 1 atom stereocenters. The molecule has 0 bridgehead atoms. The van der Waals surface area contributed by atoms with Crippen LogP contribution in [0.4, 0.5) is 17.3 Å². The molecule has 0 unspecified atom stereocenters. The average molecular weight is 356 g/mol. The van der Waals surface area contributed by atoms with Crippen LogP contribution < -0.4 is 10.2 Å². The van der Waals surface area contributed by atoms with Crippen LogP contribution in [0.15, 0.2) is 42.7 Å². The largest absolute Gasteiger partial charge is 0.338 e. The molecule has 0 aliphatic carbocycles. The molecule has 1 fully saturated rings. The van der Waals surface area contributed by atoms with Crippen molar-refractivity contribution >= 4 is 23.2 Å². The summed E-state index contributed by atoms with van der Waals surface area (Å²) in [5, 5.41) is 13.7. The zero-order chi connectivity index (χ0) is 18.5. The highest BCUT2D eigenvalue weighted by Crippen LogP contribution is 2.23. The predicted molar refractivity (Wildman–Crippen MR) is 97.0 cm³/mol. The number of nitro groups is 1. The molecule has 3 rings (SSSR count). The Morgan fingerprint density at radius 1 is 1.15 bits per heavy atom. The topological polar surface area (TPSA) is 104 Å². The van der Waals surface area contributed by atoms with E-state index in [0.717, 1.165) is 0 Å². The highest BCUT2D eigenvalue weighted by molar-refractivity contribution is 5.96. The molecule has 0 spiro atoms. The Morgan fingerprint density at radius 3 is 2.46 bits per heavy atom. The Balaban J connectivity index is 1.59. The summed E-state index contributed by atoms with van der Waals surface area (Å²) < 4.78 is 0. The third kappa shape index (κ3) is 3.94. The van der Waals surface area contributed by atoms with Gasteiger partial charge in [0.2, 0.25) is 11.9 Å². The number of nitro benzene ring substituents is 1. The van der Waals surface area contributed by atoms with Crippen LogP contribution in [0.25, 0.3) is 0 Å². The molecule has 1 N–H and O–H groups in total. The Labute approximate surface area is 150 Å². The van der Waals surface area contributed by atoms with Crippen molar-refractivity contribution in [3.05, 3.63) is 52.8 Å². The number of aromatic nitrogens is 2. The molecular weight excluding hydrogens is 336 g/mol. The first-order chi connectivity index (χ1) is 12.6. The first kappa shape index (κ1) is 17.7. The maximum absolute atomic E-state index is 12.5. The summed E-state index contributed by atoms with van der Waals surface area (Å²) in [5.74, 6) is 0.424. The fourth-order valence-corrected chi connectivity index (χ4v) is 2.91. The van der Waals surface area contributed by atoms with E-state index in [9.17, 15) is 14.9 Å². The molecule has 1 amide bonds. The van der Waals surface area contributed by atoms with E-state index < -0.39 is 11.0 Å². The van der Waals surface area contributed by atoms with Gasteiger partial charge in [-0.2, -0.15) is 0 Å². The highest BCUT2D eigenvalue weighted by Gasteiger charge is 2.27. The van der Waals surface area contributed by atoms with Gasteiger partial charge >= 0.3 is 0 Å². The molecule has 9 nitrogen and oxygen atoms in total. The van der Waals surface area contributed by atoms with E-state index in [1.807, 2.05) is 4.90 Å². The van der Waals surface area contributed by atoms with Crippen molar-refractivity contribution in [2.75, 3.05) is 36.4 Å². The first-order valence-corrected chi connectivity index (χ1v) is 8.36. The fraction of sp³-hybridized carbons (Fsp3) is 0.353. The maximum atomic E-state index is 12.5. The zero-order valence-electron chi connectivity index (χ0n) is 14.4. The lowest BCUT2D eigenvalue weighted by atomic mass is 10.2. The van der Waals surface area contributed by atoms with Gasteiger partial charge < -0.3 is 10.2 Å². The predicted octanol–water partition coefficient (Wildman–Crippen LogP) is 1.53. The van der Waals surface area contributed by atoms with E-state index in [2.05, 4.69) is 20.2 Å². The minimum Gasteiger partial charge on any atom is -0.338 e. The van der Waals surface area contributed by atoms with Gasteiger partial charge in [-0.3, -0.25) is 19.8 Å². The molecule has 0 saturated carbocycles. The number of benzene rings is 1. The third-order valence-corrected chi connectivity index (χ3v) is 4.44. The minimum atomic E-state index is -0.501. The van der Waals surface area contributed by atoms with Crippen LogP contribution in [0, 0.1) is 10.1 Å². The van der Waals surface area contributed by atoms with E-state index in [0.29, 0.717) is 32.1 Å². The minimum absolute atomic E-state index is 0.112. The van der Waals surface area contributed by atoms with Crippen LogP contribution >= 0.6 is 0 Å². The van der Waals surface area contributed by atoms with Gasteiger partial charge in [-0.25, -0.2) is 9.97 Å². The number of carbonyl (C=O) groups is 1. The SMILES string of the molecule is C[C@@H](C(=O)Nc1ccccc1[N+](=O)[O-])N1CCN(c2ncccn2)CC1. The van der Waals surface area contributed by atoms with E-state index in [1.54, 1.807) is 37.5 Å². The Hall–Kier alpha value is -3.07. The molecule has 1 saturated heterocycles. The zero-order valence-corrected chi connectivity index (χ0v) is 14.4. The number of nitrogens with one attached hydrogen (secondary N) is 1. The summed E-state index contributed by atoms with van der Waals surface area (Å²) in [4.78, 5) is 35.7. The quantitative estimate of drug-likeness (QED) is 0.640. The van der Waals surface area contributed by atoms with Gasteiger partial charge in [0, 0.05) is 44.6 Å². The number of nitrogens with zero attached hydrogens (tertiary/aromatic N) is 5. The molecule has 2 heterocycles. The number of anilines is 2. The van der Waals surface area contributed by atoms with Crippen molar-refractivity contribution in [1.82, 2.24) is 14.9 Å². The molecule has 136 valence electrons. The molecule has 1 aliphatic rings. The molecule has 9 heteroatoms. The van der Waals surface area contributed by atoms with Crippen molar-refractivity contribution < 1.29 is 9.72 Å². The molecule has 0 radical (unpaired) electrons. The molecular formula is C17H20N6O3. The number of rotatable bonds is 5. The van der Waals surface area contributed by atoms with Gasteiger partial charge in [0.05, 0.1) is 11.0 Å². The summed E-state index contributed by atoms with van der Waals surface area (Å²) in [6, 6.07) is 7.52. The molecule has 26 heavy (non-hydrogen) atoms. The van der Waals surface area contributed by atoms with Crippen LogP contribution in [-0.4, -0.2) is 57.9 Å². The maximum Gasteiger partial charge on any atom is 0.292 e. The van der Waals surface area contributed by atoms with Gasteiger partial charge in [-0.1, -0.05) is 12.1 Å². The second-order valence-corrected chi connectivity index (χ2v) is 6.01. The number of hydrogen-bond acceptors (Lipinski definition) is 7. The lowest BCUT2D eigenvalue weighted by molar-refractivity contribution is -0.383. The van der Waals surface area contributed by atoms with E-state index in [1.165, 1.54) is 12.1 Å². The Kier molecular flexibility index (Phi) is 5.37. The summed E-state index contributed by atoms with van der Waals surface area (Å²) in [5.41, 5.74) is 0.102. The molecule has 1 aromatic heterocycles.